The minimum absolute atomic E-state index is 0.0523. The number of aromatic amines is 1. The van der Waals surface area contributed by atoms with Gasteiger partial charge in [-0.1, -0.05) is 24.6 Å². The van der Waals surface area contributed by atoms with Crippen molar-refractivity contribution in [2.75, 3.05) is 0 Å². The second-order valence-electron chi connectivity index (χ2n) is 4.72. The molecule has 102 valence electrons. The summed E-state index contributed by atoms with van der Waals surface area (Å²) in [6, 6.07) is 9.74. The third kappa shape index (κ3) is 2.13. The molecular weight excluding hydrogens is 288 g/mol. The predicted molar refractivity (Wildman–Crippen MR) is 86.7 cm³/mol. The van der Waals surface area contributed by atoms with E-state index in [0.717, 1.165) is 22.5 Å². The van der Waals surface area contributed by atoms with Gasteiger partial charge in [0.2, 0.25) is 0 Å². The summed E-state index contributed by atoms with van der Waals surface area (Å²) < 4.78 is 2.00. The van der Waals surface area contributed by atoms with Gasteiger partial charge in [0.25, 0.3) is 5.56 Å². The van der Waals surface area contributed by atoms with Crippen LogP contribution in [-0.4, -0.2) is 9.55 Å². The normalized spacial score (nSPS) is 11.1. The Kier molecular flexibility index (Phi) is 3.31. The lowest BCUT2D eigenvalue weighted by atomic mass is 10.2. The zero-order valence-electron chi connectivity index (χ0n) is 11.3. The Morgan fingerprint density at radius 3 is 2.65 bits per heavy atom. The number of nitrogens with one attached hydrogen (secondary N) is 1. The van der Waals surface area contributed by atoms with E-state index in [1.165, 1.54) is 4.88 Å². The highest BCUT2D eigenvalue weighted by Crippen LogP contribution is 2.22. The van der Waals surface area contributed by atoms with Crippen LogP contribution in [0.15, 0.2) is 35.1 Å². The van der Waals surface area contributed by atoms with Gasteiger partial charge in [0.15, 0.2) is 4.77 Å². The third-order valence-corrected chi connectivity index (χ3v) is 4.76. The van der Waals surface area contributed by atoms with E-state index >= 15 is 0 Å². The molecule has 3 rings (SSSR count). The van der Waals surface area contributed by atoms with Gasteiger partial charge in [-0.3, -0.25) is 9.36 Å². The van der Waals surface area contributed by atoms with E-state index in [2.05, 4.69) is 11.9 Å². The van der Waals surface area contributed by atoms with Gasteiger partial charge in [-0.05, 0) is 43.8 Å². The number of hydrogen-bond donors (Lipinski definition) is 1. The zero-order valence-corrected chi connectivity index (χ0v) is 12.9. The van der Waals surface area contributed by atoms with Crippen molar-refractivity contribution in [3.05, 3.63) is 55.9 Å². The molecule has 0 radical (unpaired) electrons. The van der Waals surface area contributed by atoms with E-state index in [1.54, 1.807) is 15.9 Å². The molecule has 0 fully saturated rings. The number of benzene rings is 1. The molecule has 1 aromatic carbocycles. The number of aromatic nitrogens is 2. The minimum Gasteiger partial charge on any atom is -0.323 e. The lowest BCUT2D eigenvalue weighted by Gasteiger charge is -2.06. The maximum absolute atomic E-state index is 12.6. The van der Waals surface area contributed by atoms with Gasteiger partial charge in [-0.2, -0.15) is 0 Å². The average Bonchev–Trinajstić information content (AvgIpc) is 2.84. The van der Waals surface area contributed by atoms with Crippen LogP contribution < -0.4 is 5.56 Å². The van der Waals surface area contributed by atoms with Crippen LogP contribution in [0.25, 0.3) is 15.9 Å². The van der Waals surface area contributed by atoms with E-state index in [4.69, 9.17) is 12.2 Å². The van der Waals surface area contributed by atoms with Gasteiger partial charge in [-0.25, -0.2) is 0 Å². The van der Waals surface area contributed by atoms with Crippen LogP contribution in [-0.2, 0) is 6.42 Å². The Labute approximate surface area is 125 Å². The first kappa shape index (κ1) is 13.3. The monoisotopic (exact) mass is 302 g/mol. The second-order valence-corrected chi connectivity index (χ2v) is 6.24. The molecule has 3 aromatic rings. The molecule has 0 spiro atoms. The quantitative estimate of drug-likeness (QED) is 0.727. The van der Waals surface area contributed by atoms with Crippen LogP contribution in [0, 0.1) is 11.7 Å². The Morgan fingerprint density at radius 1 is 1.30 bits per heavy atom. The molecule has 0 aliphatic rings. The van der Waals surface area contributed by atoms with Gasteiger partial charge in [0.1, 0.15) is 4.83 Å². The molecule has 0 saturated carbocycles. The van der Waals surface area contributed by atoms with Crippen LogP contribution in [0.2, 0.25) is 0 Å². The maximum atomic E-state index is 12.6. The number of rotatable bonds is 2. The number of aryl methyl sites for hydroxylation is 2. The van der Waals surface area contributed by atoms with Crippen molar-refractivity contribution in [3.63, 3.8) is 0 Å². The second kappa shape index (κ2) is 5.00. The molecule has 0 unspecified atom stereocenters. The van der Waals surface area contributed by atoms with Crippen molar-refractivity contribution in [1.82, 2.24) is 9.55 Å². The van der Waals surface area contributed by atoms with Crippen molar-refractivity contribution < 1.29 is 0 Å². The number of nitrogens with zero attached hydrogens (tertiary/aromatic N) is 1. The van der Waals surface area contributed by atoms with Crippen molar-refractivity contribution >= 4 is 33.8 Å². The average molecular weight is 302 g/mol. The summed E-state index contributed by atoms with van der Waals surface area (Å²) in [5.74, 6) is 0. The van der Waals surface area contributed by atoms with Crippen LogP contribution >= 0.6 is 23.6 Å². The highest BCUT2D eigenvalue weighted by molar-refractivity contribution is 7.71. The van der Waals surface area contributed by atoms with E-state index in [1.807, 2.05) is 37.3 Å². The molecule has 0 saturated heterocycles. The van der Waals surface area contributed by atoms with Crippen LogP contribution in [0.3, 0.4) is 0 Å². The van der Waals surface area contributed by atoms with Crippen molar-refractivity contribution in [2.45, 2.75) is 20.3 Å². The molecule has 1 N–H and O–H groups in total. The predicted octanol–water partition coefficient (Wildman–Crippen LogP) is 3.98. The topological polar surface area (TPSA) is 37.8 Å². The number of thiophene rings is 1. The van der Waals surface area contributed by atoms with Gasteiger partial charge in [0.05, 0.1) is 11.1 Å². The number of fused-ring (bicyclic) bond motifs is 1. The van der Waals surface area contributed by atoms with Crippen LogP contribution in [0.5, 0.6) is 0 Å². The summed E-state index contributed by atoms with van der Waals surface area (Å²) in [6.45, 7) is 4.10. The fourth-order valence-electron chi connectivity index (χ4n) is 2.16. The molecular formula is C15H14N2OS2. The smallest absolute Gasteiger partial charge is 0.267 e. The molecule has 5 heteroatoms. The molecule has 0 aliphatic carbocycles. The molecule has 0 atom stereocenters. The molecule has 0 bridgehead atoms. The van der Waals surface area contributed by atoms with Gasteiger partial charge < -0.3 is 4.98 Å². The third-order valence-electron chi connectivity index (χ3n) is 3.28. The van der Waals surface area contributed by atoms with E-state index in [0.29, 0.717) is 10.2 Å². The standard InChI is InChI=1S/C15H14N2OS2/c1-3-11-8-12-13(20-11)16-15(19)17(14(12)18)10-6-4-9(2)5-7-10/h4-8H,3H2,1-2H3,(H,16,19). The number of hydrogen-bond acceptors (Lipinski definition) is 3. The molecule has 2 aromatic heterocycles. The first-order chi connectivity index (χ1) is 9.60. The summed E-state index contributed by atoms with van der Waals surface area (Å²) in [7, 11) is 0. The molecule has 0 amide bonds. The van der Waals surface area contributed by atoms with Crippen LogP contribution in [0.1, 0.15) is 17.4 Å². The highest BCUT2D eigenvalue weighted by atomic mass is 32.1. The fraction of sp³-hybridized carbons (Fsp3) is 0.200. The SMILES string of the molecule is CCc1cc2c(=O)n(-c3ccc(C)cc3)c(=S)[nH]c2s1. The van der Waals surface area contributed by atoms with Crippen molar-refractivity contribution in [3.8, 4) is 5.69 Å². The lowest BCUT2D eigenvalue weighted by Crippen LogP contribution is -2.19. The van der Waals surface area contributed by atoms with Gasteiger partial charge in [0, 0.05) is 4.88 Å². The Hall–Kier alpha value is -1.72. The van der Waals surface area contributed by atoms with Crippen molar-refractivity contribution in [1.29, 1.82) is 0 Å². The molecule has 2 heterocycles. The van der Waals surface area contributed by atoms with Gasteiger partial charge >= 0.3 is 0 Å². The lowest BCUT2D eigenvalue weighted by molar-refractivity contribution is 0.942. The van der Waals surface area contributed by atoms with Crippen molar-refractivity contribution in [2.24, 2.45) is 0 Å². The summed E-state index contributed by atoms with van der Waals surface area (Å²) in [6.07, 6.45) is 0.921. The maximum Gasteiger partial charge on any atom is 0.267 e. The summed E-state index contributed by atoms with van der Waals surface area (Å²) in [5.41, 5.74) is 1.90. The zero-order chi connectivity index (χ0) is 14.3. The van der Waals surface area contributed by atoms with E-state index in [9.17, 15) is 4.79 Å². The highest BCUT2D eigenvalue weighted by Gasteiger charge is 2.10. The summed E-state index contributed by atoms with van der Waals surface area (Å²) in [4.78, 5) is 17.9. The summed E-state index contributed by atoms with van der Waals surface area (Å²) in [5, 5.41) is 0.709. The summed E-state index contributed by atoms with van der Waals surface area (Å²) >= 11 is 6.94. The van der Waals surface area contributed by atoms with Crippen LogP contribution in [0.4, 0.5) is 0 Å². The number of H-pyrrole nitrogens is 1. The largest absolute Gasteiger partial charge is 0.323 e. The van der Waals surface area contributed by atoms with E-state index < -0.39 is 0 Å². The first-order valence-electron chi connectivity index (χ1n) is 6.45. The molecule has 0 aliphatic heterocycles. The fourth-order valence-corrected chi connectivity index (χ4v) is 3.50. The molecule has 3 nitrogen and oxygen atoms in total. The van der Waals surface area contributed by atoms with E-state index in [-0.39, 0.29) is 5.56 Å². The molecule has 20 heavy (non-hydrogen) atoms. The first-order valence-corrected chi connectivity index (χ1v) is 7.67. The Balaban J connectivity index is 2.33. The Morgan fingerprint density at radius 2 is 2.00 bits per heavy atom. The Bertz CT molecular complexity index is 885. The van der Waals surface area contributed by atoms with Gasteiger partial charge in [-0.15, -0.1) is 11.3 Å². The minimum atomic E-state index is -0.0523.